The zero-order valence-corrected chi connectivity index (χ0v) is 15.5. The smallest absolute Gasteiger partial charge is 0.233 e. The van der Waals surface area contributed by atoms with Gasteiger partial charge in [-0.1, -0.05) is 48.9 Å². The number of benzene rings is 2. The van der Waals surface area contributed by atoms with Gasteiger partial charge in [-0.05, 0) is 54.9 Å². The van der Waals surface area contributed by atoms with Gasteiger partial charge >= 0.3 is 0 Å². The fourth-order valence-corrected chi connectivity index (χ4v) is 4.59. The van der Waals surface area contributed by atoms with Crippen LogP contribution in [-0.2, 0) is 10.2 Å². The van der Waals surface area contributed by atoms with Crippen molar-refractivity contribution in [2.75, 3.05) is 13.1 Å². The molecule has 4 rings (SSSR count). The summed E-state index contributed by atoms with van der Waals surface area (Å²) in [5, 5.41) is 10.7. The monoisotopic (exact) mass is 367 g/mol. The lowest BCUT2D eigenvalue weighted by Crippen LogP contribution is -2.53. The molecule has 2 aromatic carbocycles. The molecule has 1 saturated heterocycles. The maximum atomic E-state index is 13.7. The summed E-state index contributed by atoms with van der Waals surface area (Å²) in [6.45, 7) is 1.31. The molecule has 1 N–H and O–H groups in total. The number of carbonyl (C=O) groups is 1. The zero-order chi connectivity index (χ0) is 18.9. The van der Waals surface area contributed by atoms with E-state index < -0.39 is 11.5 Å². The summed E-state index contributed by atoms with van der Waals surface area (Å²) in [6.07, 6.45) is 3.70. The predicted octanol–water partition coefficient (Wildman–Crippen LogP) is 4.22. The van der Waals surface area contributed by atoms with Gasteiger partial charge in [-0.2, -0.15) is 0 Å². The SMILES string of the molecule is O=C(N1CCC([C@@H](O)c2ccccc2)CC1)C1(c2cccc(F)c2)CCC1. The summed E-state index contributed by atoms with van der Waals surface area (Å²) < 4.78 is 13.7. The second-order valence-corrected chi connectivity index (χ2v) is 7.93. The van der Waals surface area contributed by atoms with Crippen LogP contribution in [0.4, 0.5) is 4.39 Å². The molecular formula is C23H26FNO2. The van der Waals surface area contributed by atoms with E-state index in [1.165, 1.54) is 12.1 Å². The number of hydrogen-bond donors (Lipinski definition) is 1. The predicted molar refractivity (Wildman–Crippen MR) is 103 cm³/mol. The highest BCUT2D eigenvalue weighted by Crippen LogP contribution is 2.46. The van der Waals surface area contributed by atoms with Gasteiger partial charge < -0.3 is 10.0 Å². The Hall–Kier alpha value is -2.20. The first kappa shape index (κ1) is 18.2. The number of amides is 1. The van der Waals surface area contributed by atoms with Crippen molar-refractivity contribution in [3.05, 3.63) is 71.5 Å². The Balaban J connectivity index is 1.44. The number of hydrogen-bond acceptors (Lipinski definition) is 2. The van der Waals surface area contributed by atoms with E-state index in [-0.39, 0.29) is 17.6 Å². The molecule has 2 aliphatic rings. The topological polar surface area (TPSA) is 40.5 Å². The van der Waals surface area contributed by atoms with Crippen molar-refractivity contribution in [3.63, 3.8) is 0 Å². The van der Waals surface area contributed by atoms with Gasteiger partial charge in [-0.25, -0.2) is 4.39 Å². The molecule has 27 heavy (non-hydrogen) atoms. The molecule has 1 atom stereocenters. The summed E-state index contributed by atoms with van der Waals surface area (Å²) in [4.78, 5) is 15.2. The van der Waals surface area contributed by atoms with E-state index >= 15 is 0 Å². The number of aliphatic hydroxyl groups excluding tert-OH is 1. The second-order valence-electron chi connectivity index (χ2n) is 7.93. The number of aliphatic hydroxyl groups is 1. The molecule has 4 heteroatoms. The van der Waals surface area contributed by atoms with Crippen molar-refractivity contribution < 1.29 is 14.3 Å². The molecule has 1 heterocycles. The Bertz CT molecular complexity index is 795. The number of nitrogens with zero attached hydrogens (tertiary/aromatic N) is 1. The fraction of sp³-hybridized carbons (Fsp3) is 0.435. The van der Waals surface area contributed by atoms with E-state index in [1.54, 1.807) is 6.07 Å². The molecular weight excluding hydrogens is 341 g/mol. The third-order valence-corrected chi connectivity index (χ3v) is 6.41. The van der Waals surface area contributed by atoms with Crippen molar-refractivity contribution in [2.24, 2.45) is 5.92 Å². The average Bonchev–Trinajstić information content (AvgIpc) is 2.67. The van der Waals surface area contributed by atoms with Crippen LogP contribution in [0.25, 0.3) is 0 Å². The quantitative estimate of drug-likeness (QED) is 0.879. The summed E-state index contributed by atoms with van der Waals surface area (Å²) >= 11 is 0. The minimum atomic E-state index is -0.549. The van der Waals surface area contributed by atoms with Crippen LogP contribution in [0.2, 0.25) is 0 Å². The minimum Gasteiger partial charge on any atom is -0.388 e. The average molecular weight is 367 g/mol. The molecule has 0 radical (unpaired) electrons. The molecule has 142 valence electrons. The van der Waals surface area contributed by atoms with Crippen LogP contribution in [-0.4, -0.2) is 29.0 Å². The highest BCUT2D eigenvalue weighted by molar-refractivity contribution is 5.89. The van der Waals surface area contributed by atoms with Crippen molar-refractivity contribution in [1.29, 1.82) is 0 Å². The summed E-state index contributed by atoms with van der Waals surface area (Å²) in [6, 6.07) is 16.3. The lowest BCUT2D eigenvalue weighted by molar-refractivity contribution is -0.143. The second kappa shape index (κ2) is 7.43. The highest BCUT2D eigenvalue weighted by atomic mass is 19.1. The van der Waals surface area contributed by atoms with Crippen LogP contribution < -0.4 is 0 Å². The van der Waals surface area contributed by atoms with Gasteiger partial charge in [-0.15, -0.1) is 0 Å². The summed E-state index contributed by atoms with van der Waals surface area (Å²) in [5.41, 5.74) is 1.20. The van der Waals surface area contributed by atoms with Gasteiger partial charge in [0.15, 0.2) is 0 Å². The Kier molecular flexibility index (Phi) is 5.00. The molecule has 3 nitrogen and oxygen atoms in total. The first-order chi connectivity index (χ1) is 13.1. The van der Waals surface area contributed by atoms with Gasteiger partial charge in [0, 0.05) is 13.1 Å². The molecule has 1 aliphatic carbocycles. The van der Waals surface area contributed by atoms with Gasteiger partial charge in [0.05, 0.1) is 11.5 Å². The first-order valence-corrected chi connectivity index (χ1v) is 9.89. The number of halogens is 1. The molecule has 2 aromatic rings. The van der Waals surface area contributed by atoms with E-state index in [9.17, 15) is 14.3 Å². The summed E-state index contributed by atoms with van der Waals surface area (Å²) in [7, 11) is 0. The standard InChI is InChI=1S/C23H26FNO2/c24-20-9-4-8-19(16-20)23(12-5-13-23)22(27)25-14-10-18(11-15-25)21(26)17-6-2-1-3-7-17/h1-4,6-9,16,18,21,26H,5,10-15H2/t21-/m0/s1. The fourth-order valence-electron chi connectivity index (χ4n) is 4.59. The first-order valence-electron chi connectivity index (χ1n) is 9.89. The van der Waals surface area contributed by atoms with E-state index in [1.807, 2.05) is 41.3 Å². The molecule has 2 fully saturated rings. The number of likely N-dealkylation sites (tertiary alicyclic amines) is 1. The molecule has 0 unspecified atom stereocenters. The van der Waals surface area contributed by atoms with Crippen LogP contribution in [0.3, 0.4) is 0 Å². The number of carbonyl (C=O) groups excluding carboxylic acids is 1. The third kappa shape index (κ3) is 3.39. The summed E-state index contributed by atoms with van der Waals surface area (Å²) in [5.74, 6) is 0.0197. The number of piperidine rings is 1. The largest absolute Gasteiger partial charge is 0.388 e. The Morgan fingerprint density at radius 1 is 1.07 bits per heavy atom. The third-order valence-electron chi connectivity index (χ3n) is 6.41. The van der Waals surface area contributed by atoms with Crippen LogP contribution >= 0.6 is 0 Å². The van der Waals surface area contributed by atoms with E-state index in [0.29, 0.717) is 13.1 Å². The molecule has 1 amide bonds. The van der Waals surface area contributed by atoms with Crippen molar-refractivity contribution >= 4 is 5.91 Å². The molecule has 1 saturated carbocycles. The van der Waals surface area contributed by atoms with E-state index in [4.69, 9.17) is 0 Å². The van der Waals surface area contributed by atoms with Crippen LogP contribution in [0.1, 0.15) is 49.3 Å². The van der Waals surface area contributed by atoms with Crippen LogP contribution in [0.5, 0.6) is 0 Å². The van der Waals surface area contributed by atoms with Crippen LogP contribution in [0, 0.1) is 11.7 Å². The van der Waals surface area contributed by atoms with E-state index in [2.05, 4.69) is 0 Å². The van der Waals surface area contributed by atoms with Crippen molar-refractivity contribution in [1.82, 2.24) is 4.90 Å². The number of rotatable bonds is 4. The van der Waals surface area contributed by atoms with Gasteiger partial charge in [0.25, 0.3) is 0 Å². The van der Waals surface area contributed by atoms with Gasteiger partial charge in [0.2, 0.25) is 5.91 Å². The normalized spacial score (nSPS) is 20.7. The highest BCUT2D eigenvalue weighted by Gasteiger charge is 2.48. The maximum Gasteiger partial charge on any atom is 0.233 e. The Morgan fingerprint density at radius 2 is 1.78 bits per heavy atom. The lowest BCUT2D eigenvalue weighted by Gasteiger charge is -2.46. The molecule has 1 aliphatic heterocycles. The zero-order valence-electron chi connectivity index (χ0n) is 15.5. The minimum absolute atomic E-state index is 0.131. The lowest BCUT2D eigenvalue weighted by atomic mass is 9.63. The van der Waals surface area contributed by atoms with Crippen molar-refractivity contribution in [3.8, 4) is 0 Å². The van der Waals surface area contributed by atoms with Crippen molar-refractivity contribution in [2.45, 2.75) is 43.6 Å². The molecule has 0 bridgehead atoms. The molecule has 0 aromatic heterocycles. The molecule has 0 spiro atoms. The van der Waals surface area contributed by atoms with E-state index in [0.717, 1.165) is 43.2 Å². The Labute approximate surface area is 159 Å². The van der Waals surface area contributed by atoms with Gasteiger partial charge in [-0.3, -0.25) is 4.79 Å². The van der Waals surface area contributed by atoms with Gasteiger partial charge in [0.1, 0.15) is 5.82 Å². The van der Waals surface area contributed by atoms with Crippen LogP contribution in [0.15, 0.2) is 54.6 Å². The maximum absolute atomic E-state index is 13.7. The Morgan fingerprint density at radius 3 is 2.37 bits per heavy atom.